The summed E-state index contributed by atoms with van der Waals surface area (Å²) in [6.45, 7) is 13.4. The largest absolute Gasteiger partial charge is 0.364 e. The van der Waals surface area contributed by atoms with Gasteiger partial charge in [-0.15, -0.1) is 0 Å². The van der Waals surface area contributed by atoms with Crippen LogP contribution in [0.1, 0.15) is 63.6 Å². The van der Waals surface area contributed by atoms with Crippen molar-refractivity contribution >= 4 is 51.9 Å². The maximum atomic E-state index is 12.6. The van der Waals surface area contributed by atoms with E-state index in [-0.39, 0.29) is 11.4 Å². The van der Waals surface area contributed by atoms with Crippen LogP contribution in [0, 0.1) is 6.92 Å². The first-order chi connectivity index (χ1) is 15.0. The molecule has 2 aliphatic rings. The third-order valence-electron chi connectivity index (χ3n) is 6.16. The van der Waals surface area contributed by atoms with E-state index in [1.165, 1.54) is 23.0 Å². The van der Waals surface area contributed by atoms with Crippen molar-refractivity contribution in [1.29, 1.82) is 0 Å². The van der Waals surface area contributed by atoms with E-state index >= 15 is 0 Å². The highest BCUT2D eigenvalue weighted by atomic mass is 35.5. The molecule has 0 radical (unpaired) electrons. The Morgan fingerprint density at radius 2 is 2.00 bits per heavy atom. The summed E-state index contributed by atoms with van der Waals surface area (Å²) in [7, 11) is 0. The summed E-state index contributed by atoms with van der Waals surface area (Å²) in [5.74, 6) is 0.338. The van der Waals surface area contributed by atoms with Gasteiger partial charge in [-0.05, 0) is 106 Å². The molecule has 0 saturated carbocycles. The monoisotopic (exact) mass is 467 g/mol. The highest BCUT2D eigenvalue weighted by molar-refractivity contribution is 8.18. The third kappa shape index (κ3) is 4.46. The summed E-state index contributed by atoms with van der Waals surface area (Å²) >= 11 is 7.47. The van der Waals surface area contributed by atoms with E-state index < -0.39 is 0 Å². The highest BCUT2D eigenvalue weighted by Crippen LogP contribution is 2.45. The Bertz CT molecular complexity index is 1140. The number of carbonyl (C=O) groups excluding carboxylic acids is 1. The molecule has 2 heterocycles. The van der Waals surface area contributed by atoms with Crippen molar-refractivity contribution in [1.82, 2.24) is 5.32 Å². The van der Waals surface area contributed by atoms with E-state index in [1.807, 2.05) is 31.2 Å². The zero-order chi connectivity index (χ0) is 23.2. The molecular weight excluding hydrogens is 438 g/mol. The van der Waals surface area contributed by atoms with Gasteiger partial charge in [-0.25, -0.2) is 4.99 Å². The lowest BCUT2D eigenvalue weighted by atomic mass is 9.79. The number of aryl methyl sites for hydroxylation is 1. The number of fused-ring (bicyclic) bond motifs is 1. The Balaban J connectivity index is 1.64. The number of aliphatic imine (C=N–C) groups is 1. The van der Waals surface area contributed by atoms with Crippen LogP contribution in [-0.4, -0.2) is 22.7 Å². The molecule has 2 aromatic carbocycles. The minimum absolute atomic E-state index is 0.117. The van der Waals surface area contributed by atoms with Gasteiger partial charge in [0.2, 0.25) is 0 Å². The van der Waals surface area contributed by atoms with Crippen LogP contribution in [0.4, 0.5) is 11.4 Å². The summed E-state index contributed by atoms with van der Waals surface area (Å²) < 4.78 is 0. The van der Waals surface area contributed by atoms with Gasteiger partial charge in [-0.1, -0.05) is 30.7 Å². The molecule has 1 N–H and O–H groups in total. The zero-order valence-corrected chi connectivity index (χ0v) is 21.1. The summed E-state index contributed by atoms with van der Waals surface area (Å²) in [6.07, 6.45) is 3.06. The number of halogens is 1. The molecule has 0 unspecified atom stereocenters. The SMILES string of the molecule is Cc1ccc(Cl)cc1N=C1NC(=O)/C(=C/c2ccc3c(c2)[C@@H](C)CC(C)(C)N3C(C)C)S1. The van der Waals surface area contributed by atoms with Gasteiger partial charge in [0.25, 0.3) is 5.91 Å². The van der Waals surface area contributed by atoms with Crippen LogP contribution in [-0.2, 0) is 4.79 Å². The second-order valence-corrected chi connectivity index (χ2v) is 11.1. The average molecular weight is 468 g/mol. The maximum absolute atomic E-state index is 12.6. The van der Waals surface area contributed by atoms with Gasteiger partial charge < -0.3 is 10.2 Å². The van der Waals surface area contributed by atoms with Gasteiger partial charge in [-0.3, -0.25) is 4.79 Å². The molecule has 168 valence electrons. The number of nitrogens with one attached hydrogen (secondary N) is 1. The Hall–Kier alpha value is -2.24. The normalized spacial score (nSPS) is 22.6. The van der Waals surface area contributed by atoms with Crippen LogP contribution in [0.2, 0.25) is 5.02 Å². The van der Waals surface area contributed by atoms with E-state index in [0.29, 0.717) is 27.1 Å². The number of carbonyl (C=O) groups is 1. The van der Waals surface area contributed by atoms with Gasteiger partial charge in [0.15, 0.2) is 5.17 Å². The molecule has 2 aliphatic heterocycles. The van der Waals surface area contributed by atoms with Crippen molar-refractivity contribution in [3.8, 4) is 0 Å². The number of amidine groups is 1. The molecule has 0 spiro atoms. The van der Waals surface area contributed by atoms with Crippen LogP contribution in [0.25, 0.3) is 6.08 Å². The zero-order valence-electron chi connectivity index (χ0n) is 19.5. The minimum atomic E-state index is -0.121. The molecule has 6 heteroatoms. The molecule has 1 fully saturated rings. The second kappa shape index (κ2) is 8.60. The number of thioether (sulfide) groups is 1. The van der Waals surface area contributed by atoms with Crippen molar-refractivity contribution in [2.45, 2.75) is 65.5 Å². The van der Waals surface area contributed by atoms with Crippen molar-refractivity contribution < 1.29 is 4.79 Å². The van der Waals surface area contributed by atoms with Gasteiger partial charge in [-0.2, -0.15) is 0 Å². The fourth-order valence-corrected chi connectivity index (χ4v) is 5.98. The third-order valence-corrected chi connectivity index (χ3v) is 7.30. The van der Waals surface area contributed by atoms with Crippen LogP contribution in [0.5, 0.6) is 0 Å². The standard InChI is InChI=1S/C26H30ClN3OS/c1-15(2)30-22-10-8-18(11-20(22)17(4)14-26(30,5)6)12-23-24(31)29-25(32-23)28-21-13-19(27)9-7-16(21)3/h7-13,15,17H,14H2,1-6H3,(H,28,29,31)/b23-12-/t17-/m0/s1. The van der Waals surface area contributed by atoms with Crippen LogP contribution < -0.4 is 10.2 Å². The van der Waals surface area contributed by atoms with E-state index in [0.717, 1.165) is 23.2 Å². The fraction of sp³-hybridized carbons (Fsp3) is 0.385. The first-order valence-electron chi connectivity index (χ1n) is 11.0. The molecule has 0 aromatic heterocycles. The first-order valence-corrected chi connectivity index (χ1v) is 12.2. The predicted octanol–water partition coefficient (Wildman–Crippen LogP) is 7.04. The molecule has 0 bridgehead atoms. The van der Waals surface area contributed by atoms with Crippen LogP contribution in [0.3, 0.4) is 0 Å². The Morgan fingerprint density at radius 3 is 2.72 bits per heavy atom. The van der Waals surface area contributed by atoms with Gasteiger partial charge in [0.1, 0.15) is 0 Å². The van der Waals surface area contributed by atoms with E-state index in [4.69, 9.17) is 11.6 Å². The fourth-order valence-electron chi connectivity index (χ4n) is 4.98. The van der Waals surface area contributed by atoms with Crippen molar-refractivity contribution in [3.63, 3.8) is 0 Å². The Labute approximate surface area is 200 Å². The molecule has 4 nitrogen and oxygen atoms in total. The van der Waals surface area contributed by atoms with Crippen molar-refractivity contribution in [2.24, 2.45) is 4.99 Å². The van der Waals surface area contributed by atoms with Gasteiger partial charge >= 0.3 is 0 Å². The number of rotatable bonds is 3. The predicted molar refractivity (Wildman–Crippen MR) is 138 cm³/mol. The molecule has 1 atom stereocenters. The topological polar surface area (TPSA) is 44.7 Å². The molecule has 1 amide bonds. The second-order valence-electron chi connectivity index (χ2n) is 9.61. The summed E-state index contributed by atoms with van der Waals surface area (Å²) in [5.41, 5.74) is 5.58. The quantitative estimate of drug-likeness (QED) is 0.492. The van der Waals surface area contributed by atoms with Crippen LogP contribution in [0.15, 0.2) is 46.3 Å². The molecule has 32 heavy (non-hydrogen) atoms. The van der Waals surface area contributed by atoms with Crippen molar-refractivity contribution in [2.75, 3.05) is 4.90 Å². The van der Waals surface area contributed by atoms with Gasteiger partial charge in [0, 0.05) is 22.3 Å². The Kier molecular flexibility index (Phi) is 6.17. The molecule has 2 aromatic rings. The number of hydrogen-bond acceptors (Lipinski definition) is 4. The minimum Gasteiger partial charge on any atom is -0.364 e. The number of amides is 1. The van der Waals surface area contributed by atoms with Crippen molar-refractivity contribution in [3.05, 3.63) is 63.0 Å². The Morgan fingerprint density at radius 1 is 1.25 bits per heavy atom. The average Bonchev–Trinajstić information content (AvgIpc) is 3.03. The molecule has 1 saturated heterocycles. The number of hydrogen-bond donors (Lipinski definition) is 1. The first kappa shape index (κ1) is 22.9. The van der Waals surface area contributed by atoms with E-state index in [1.54, 1.807) is 0 Å². The lowest BCUT2D eigenvalue weighted by Crippen LogP contribution is -2.51. The highest BCUT2D eigenvalue weighted by Gasteiger charge is 2.37. The number of nitrogens with zero attached hydrogens (tertiary/aromatic N) is 2. The van der Waals surface area contributed by atoms with Crippen LogP contribution >= 0.6 is 23.4 Å². The molecular formula is C26H30ClN3OS. The lowest BCUT2D eigenvalue weighted by molar-refractivity contribution is -0.115. The summed E-state index contributed by atoms with van der Waals surface area (Å²) in [4.78, 5) is 20.4. The molecule has 0 aliphatic carbocycles. The molecule has 4 rings (SSSR count). The number of benzene rings is 2. The van der Waals surface area contributed by atoms with E-state index in [9.17, 15) is 4.79 Å². The number of anilines is 1. The van der Waals surface area contributed by atoms with E-state index in [2.05, 4.69) is 68.0 Å². The lowest BCUT2D eigenvalue weighted by Gasteiger charge is -2.50. The summed E-state index contributed by atoms with van der Waals surface area (Å²) in [6, 6.07) is 12.6. The maximum Gasteiger partial charge on any atom is 0.264 e. The van der Waals surface area contributed by atoms with Gasteiger partial charge in [0.05, 0.1) is 10.6 Å². The smallest absolute Gasteiger partial charge is 0.264 e. The summed E-state index contributed by atoms with van der Waals surface area (Å²) in [5, 5.41) is 4.08.